The summed E-state index contributed by atoms with van der Waals surface area (Å²) in [5, 5.41) is 0. The first-order valence-electron chi connectivity index (χ1n) is 13.8. The van der Waals surface area contributed by atoms with E-state index in [9.17, 15) is 0 Å². The van der Waals surface area contributed by atoms with Gasteiger partial charge in [-0.2, -0.15) is 0 Å². The third-order valence-electron chi connectivity index (χ3n) is 7.04. The van der Waals surface area contributed by atoms with Crippen molar-refractivity contribution in [1.82, 2.24) is 0 Å². The molecule has 3 unspecified atom stereocenters. The molecular formula is C30H66. The highest BCUT2D eigenvalue weighted by Gasteiger charge is 2.30. The second kappa shape index (κ2) is 20.9. The van der Waals surface area contributed by atoms with Gasteiger partial charge in [-0.15, -0.1) is 0 Å². The van der Waals surface area contributed by atoms with Crippen LogP contribution in [0.4, 0.5) is 0 Å². The maximum atomic E-state index is 2.44. The first-order valence-corrected chi connectivity index (χ1v) is 13.8. The van der Waals surface area contributed by atoms with E-state index in [4.69, 9.17) is 0 Å². The summed E-state index contributed by atoms with van der Waals surface area (Å²) in [6.07, 6.45) is 17.9. The van der Waals surface area contributed by atoms with Crippen LogP contribution in [-0.4, -0.2) is 0 Å². The molecule has 0 heteroatoms. The van der Waals surface area contributed by atoms with Gasteiger partial charge in [0, 0.05) is 0 Å². The summed E-state index contributed by atoms with van der Waals surface area (Å²) in [4.78, 5) is 0. The van der Waals surface area contributed by atoms with Crippen molar-refractivity contribution < 1.29 is 0 Å². The van der Waals surface area contributed by atoms with Gasteiger partial charge in [0.25, 0.3) is 0 Å². The van der Waals surface area contributed by atoms with E-state index in [1.54, 1.807) is 25.7 Å². The fourth-order valence-electron chi connectivity index (χ4n) is 5.23. The van der Waals surface area contributed by atoms with E-state index in [0.717, 1.165) is 29.6 Å². The Labute approximate surface area is 195 Å². The zero-order valence-electron chi connectivity index (χ0n) is 22.9. The number of hydrogen-bond acceptors (Lipinski definition) is 0. The largest absolute Gasteiger partial charge is 0.0776 e. The molecule has 0 aromatic heterocycles. The van der Waals surface area contributed by atoms with Gasteiger partial charge in [-0.05, 0) is 60.7 Å². The Balaban J connectivity index is -0.000000366. The van der Waals surface area contributed by atoms with E-state index >= 15 is 0 Å². The Hall–Kier alpha value is 0. The Morgan fingerprint density at radius 3 is 1.43 bits per heavy atom. The summed E-state index contributed by atoms with van der Waals surface area (Å²) in [6.45, 7) is 24.2. The van der Waals surface area contributed by atoms with E-state index < -0.39 is 0 Å². The minimum atomic E-state index is 0. The summed E-state index contributed by atoms with van der Waals surface area (Å²) in [5.41, 5.74) is 0.556. The molecule has 0 nitrogen and oxygen atoms in total. The fourth-order valence-corrected chi connectivity index (χ4v) is 5.23. The van der Waals surface area contributed by atoms with Gasteiger partial charge in [-0.1, -0.05) is 135 Å². The number of fused-ring (bicyclic) bond motifs is 1. The molecule has 0 radical (unpaired) electrons. The van der Waals surface area contributed by atoms with Crippen molar-refractivity contribution in [2.75, 3.05) is 0 Å². The van der Waals surface area contributed by atoms with Crippen LogP contribution < -0.4 is 0 Å². The van der Waals surface area contributed by atoms with Crippen molar-refractivity contribution in [3.63, 3.8) is 0 Å². The molecule has 0 N–H and O–H groups in total. The molecule has 0 saturated heterocycles. The van der Waals surface area contributed by atoms with Gasteiger partial charge >= 0.3 is 0 Å². The van der Waals surface area contributed by atoms with Crippen molar-refractivity contribution in [2.45, 2.75) is 161 Å². The van der Waals surface area contributed by atoms with E-state index in [2.05, 4.69) is 48.5 Å². The third-order valence-corrected chi connectivity index (χ3v) is 7.04. The fraction of sp³-hybridized carbons (Fsp3) is 1.00. The van der Waals surface area contributed by atoms with Gasteiger partial charge in [0.15, 0.2) is 0 Å². The summed E-state index contributed by atoms with van der Waals surface area (Å²) in [6, 6.07) is 0. The molecule has 0 heterocycles. The predicted molar refractivity (Wildman–Crippen MR) is 144 cm³/mol. The van der Waals surface area contributed by atoms with Crippen LogP contribution in [0, 0.1) is 35.0 Å². The van der Waals surface area contributed by atoms with Crippen LogP contribution in [0.15, 0.2) is 0 Å². The van der Waals surface area contributed by atoms with Crippen molar-refractivity contribution in [1.29, 1.82) is 0 Å². The second-order valence-electron chi connectivity index (χ2n) is 10.8. The molecule has 0 bridgehead atoms. The average Bonchev–Trinajstić information content (AvgIpc) is 2.72. The standard InChI is InChI=1S/C11H20.C11H22.C3H8.2C2H6.CH4/c1-9-6-7-10-4-2-3-5-11(10)8-9;1-9-5-7-10(8-6-9)11(2,3)4;1-3-2;2*1-2;/h9-11H,2-8H2,1H3;9-10H,5-8H2,1-4H3;3H2,1-2H3;2*1-2H3;1H4. The van der Waals surface area contributed by atoms with Crippen molar-refractivity contribution in [3.8, 4) is 0 Å². The van der Waals surface area contributed by atoms with Crippen molar-refractivity contribution in [3.05, 3.63) is 0 Å². The van der Waals surface area contributed by atoms with Gasteiger partial charge in [0.1, 0.15) is 0 Å². The minimum absolute atomic E-state index is 0. The Bertz CT molecular complexity index is 315. The topological polar surface area (TPSA) is 0 Å². The zero-order chi connectivity index (χ0) is 22.9. The summed E-state index contributed by atoms with van der Waals surface area (Å²) in [5.74, 6) is 5.29. The Morgan fingerprint density at radius 1 is 0.600 bits per heavy atom. The lowest BCUT2D eigenvalue weighted by Gasteiger charge is -2.38. The van der Waals surface area contributed by atoms with E-state index in [0.29, 0.717) is 5.41 Å². The highest BCUT2D eigenvalue weighted by atomic mass is 14.4. The number of hydrogen-bond donors (Lipinski definition) is 0. The second-order valence-corrected chi connectivity index (χ2v) is 10.8. The molecule has 3 saturated carbocycles. The SMILES string of the molecule is C.CC.CC.CC1CCC(C(C)(C)C)CC1.CC1CCC2CCCCC2C1.CCC. The van der Waals surface area contributed by atoms with Crippen LogP contribution in [0.3, 0.4) is 0 Å². The van der Waals surface area contributed by atoms with E-state index in [-0.39, 0.29) is 7.43 Å². The van der Waals surface area contributed by atoms with Crippen molar-refractivity contribution >= 4 is 0 Å². The molecule has 0 aromatic carbocycles. The molecule has 0 amide bonds. The first kappa shape index (κ1) is 34.6. The lowest BCUT2D eigenvalue weighted by atomic mass is 9.68. The maximum Gasteiger partial charge on any atom is -0.0354 e. The molecule has 0 aromatic rings. The van der Waals surface area contributed by atoms with Crippen LogP contribution in [0.25, 0.3) is 0 Å². The molecule has 3 fully saturated rings. The van der Waals surface area contributed by atoms with Gasteiger partial charge in [0.05, 0.1) is 0 Å². The molecular weight excluding hydrogens is 360 g/mol. The Kier molecular flexibility index (Phi) is 24.1. The molecule has 186 valence electrons. The summed E-state index contributed by atoms with van der Waals surface area (Å²) < 4.78 is 0. The third kappa shape index (κ3) is 15.8. The summed E-state index contributed by atoms with van der Waals surface area (Å²) >= 11 is 0. The lowest BCUT2D eigenvalue weighted by Crippen LogP contribution is -2.26. The Morgan fingerprint density at radius 2 is 1.00 bits per heavy atom. The lowest BCUT2D eigenvalue weighted by molar-refractivity contribution is 0.137. The highest BCUT2D eigenvalue weighted by Crippen LogP contribution is 2.42. The van der Waals surface area contributed by atoms with Crippen LogP contribution >= 0.6 is 0 Å². The normalized spacial score (nSPS) is 29.9. The smallest absolute Gasteiger partial charge is 0.0354 e. The van der Waals surface area contributed by atoms with E-state index in [1.165, 1.54) is 51.4 Å². The zero-order valence-corrected chi connectivity index (χ0v) is 22.9. The summed E-state index contributed by atoms with van der Waals surface area (Å²) in [7, 11) is 0. The molecule has 0 spiro atoms. The average molecular weight is 427 g/mol. The minimum Gasteiger partial charge on any atom is -0.0776 e. The maximum absolute atomic E-state index is 2.44. The van der Waals surface area contributed by atoms with Crippen LogP contribution in [0.5, 0.6) is 0 Å². The van der Waals surface area contributed by atoms with Crippen molar-refractivity contribution in [2.24, 2.45) is 35.0 Å². The monoisotopic (exact) mass is 427 g/mol. The van der Waals surface area contributed by atoms with Gasteiger partial charge in [0.2, 0.25) is 0 Å². The molecule has 3 rings (SSSR count). The first-order chi connectivity index (χ1) is 13.8. The number of rotatable bonds is 0. The molecule has 3 aliphatic carbocycles. The quantitative estimate of drug-likeness (QED) is 0.361. The molecule has 3 aliphatic rings. The van der Waals surface area contributed by atoms with E-state index in [1.807, 2.05) is 27.7 Å². The van der Waals surface area contributed by atoms with Crippen LogP contribution in [0.2, 0.25) is 0 Å². The van der Waals surface area contributed by atoms with Gasteiger partial charge < -0.3 is 0 Å². The van der Waals surface area contributed by atoms with Gasteiger partial charge in [-0.3, -0.25) is 0 Å². The van der Waals surface area contributed by atoms with Crippen LogP contribution in [0.1, 0.15) is 161 Å². The molecule has 3 atom stereocenters. The van der Waals surface area contributed by atoms with Gasteiger partial charge in [-0.25, -0.2) is 0 Å². The van der Waals surface area contributed by atoms with Crippen LogP contribution in [-0.2, 0) is 0 Å². The predicted octanol–water partition coefficient (Wildman–Crippen LogP) is 11.6. The molecule has 30 heavy (non-hydrogen) atoms. The highest BCUT2D eigenvalue weighted by molar-refractivity contribution is 4.81. The molecule has 0 aliphatic heterocycles.